The van der Waals surface area contributed by atoms with Gasteiger partial charge in [-0.2, -0.15) is 0 Å². The zero-order valence-corrected chi connectivity index (χ0v) is 12.2. The van der Waals surface area contributed by atoms with E-state index in [4.69, 9.17) is 9.47 Å². The van der Waals surface area contributed by atoms with Crippen molar-refractivity contribution in [2.45, 2.75) is 0 Å². The smallest absolute Gasteiger partial charge is 0.185 e. The molecule has 0 aliphatic heterocycles. The Labute approximate surface area is 128 Å². The number of benzene rings is 2. The van der Waals surface area contributed by atoms with Crippen molar-refractivity contribution < 1.29 is 24.5 Å². The Morgan fingerprint density at radius 2 is 1.68 bits per heavy atom. The van der Waals surface area contributed by atoms with E-state index in [0.29, 0.717) is 16.9 Å². The summed E-state index contributed by atoms with van der Waals surface area (Å²) in [5.74, 6) is 0.341. The minimum atomic E-state index is -0.242. The van der Waals surface area contributed by atoms with E-state index in [1.54, 1.807) is 18.2 Å². The van der Waals surface area contributed by atoms with Gasteiger partial charge in [-0.3, -0.25) is 4.79 Å². The summed E-state index contributed by atoms with van der Waals surface area (Å²) in [5, 5.41) is 19.2. The van der Waals surface area contributed by atoms with Crippen molar-refractivity contribution in [3.05, 3.63) is 53.6 Å². The molecule has 2 N–H and O–H groups in total. The Hall–Kier alpha value is -2.95. The van der Waals surface area contributed by atoms with E-state index in [1.807, 2.05) is 0 Å². The average Bonchev–Trinajstić information content (AvgIpc) is 2.53. The van der Waals surface area contributed by atoms with Crippen molar-refractivity contribution in [3.8, 4) is 23.0 Å². The first-order chi connectivity index (χ1) is 10.5. The van der Waals surface area contributed by atoms with Crippen LogP contribution in [0.15, 0.2) is 42.5 Å². The van der Waals surface area contributed by atoms with E-state index in [1.165, 1.54) is 44.6 Å². The standard InChI is InChI=1S/C17H16O5/c1-21-16-8-4-11(9-15(16)20)3-6-13(18)12-5-7-14(19)17(10-12)22-2/h3-10,19-20H,1-2H3/b6-3+. The Morgan fingerprint density at radius 3 is 2.32 bits per heavy atom. The molecule has 114 valence electrons. The highest BCUT2D eigenvalue weighted by Crippen LogP contribution is 2.28. The fourth-order valence-corrected chi connectivity index (χ4v) is 1.91. The summed E-state index contributed by atoms with van der Waals surface area (Å²) in [6.45, 7) is 0. The largest absolute Gasteiger partial charge is 0.504 e. The lowest BCUT2D eigenvalue weighted by Gasteiger charge is -2.05. The predicted octanol–water partition coefficient (Wildman–Crippen LogP) is 3.01. The van der Waals surface area contributed by atoms with Gasteiger partial charge in [0.2, 0.25) is 0 Å². The van der Waals surface area contributed by atoms with Gasteiger partial charge >= 0.3 is 0 Å². The van der Waals surface area contributed by atoms with E-state index in [0.717, 1.165) is 0 Å². The van der Waals surface area contributed by atoms with Gasteiger partial charge in [0.15, 0.2) is 28.8 Å². The molecule has 0 aliphatic rings. The van der Waals surface area contributed by atoms with E-state index >= 15 is 0 Å². The van der Waals surface area contributed by atoms with Gasteiger partial charge in [-0.25, -0.2) is 0 Å². The molecule has 0 saturated carbocycles. The summed E-state index contributed by atoms with van der Waals surface area (Å²) < 4.78 is 9.92. The maximum atomic E-state index is 12.1. The van der Waals surface area contributed by atoms with E-state index < -0.39 is 0 Å². The number of carbonyl (C=O) groups excluding carboxylic acids is 1. The van der Waals surface area contributed by atoms with Crippen LogP contribution in [0, 0.1) is 0 Å². The molecule has 0 spiro atoms. The van der Waals surface area contributed by atoms with Crippen LogP contribution in [0.3, 0.4) is 0 Å². The number of phenols is 2. The number of ketones is 1. The van der Waals surface area contributed by atoms with Gasteiger partial charge in [-0.15, -0.1) is 0 Å². The third kappa shape index (κ3) is 3.38. The number of aromatic hydroxyl groups is 2. The third-order valence-electron chi connectivity index (χ3n) is 3.09. The molecule has 0 saturated heterocycles. The van der Waals surface area contributed by atoms with Crippen molar-refractivity contribution in [2.24, 2.45) is 0 Å². The average molecular weight is 300 g/mol. The molecule has 22 heavy (non-hydrogen) atoms. The maximum Gasteiger partial charge on any atom is 0.185 e. The normalized spacial score (nSPS) is 10.6. The molecule has 5 nitrogen and oxygen atoms in total. The van der Waals surface area contributed by atoms with Crippen LogP contribution in [0.25, 0.3) is 6.08 Å². The Balaban J connectivity index is 2.19. The molecule has 2 rings (SSSR count). The van der Waals surface area contributed by atoms with Gasteiger partial charge in [0.25, 0.3) is 0 Å². The first kappa shape index (κ1) is 15.4. The van der Waals surface area contributed by atoms with Gasteiger partial charge in [0.05, 0.1) is 14.2 Å². The summed E-state index contributed by atoms with van der Waals surface area (Å²) in [6, 6.07) is 9.21. The molecule has 0 bridgehead atoms. The number of carbonyl (C=O) groups is 1. The van der Waals surface area contributed by atoms with E-state index in [2.05, 4.69) is 0 Å². The van der Waals surface area contributed by atoms with Gasteiger partial charge in [0.1, 0.15) is 0 Å². The van der Waals surface area contributed by atoms with Crippen LogP contribution in [-0.2, 0) is 0 Å². The minimum Gasteiger partial charge on any atom is -0.504 e. The van der Waals surface area contributed by atoms with Crippen LogP contribution in [0.4, 0.5) is 0 Å². The molecule has 0 aromatic heterocycles. The van der Waals surface area contributed by atoms with Crippen LogP contribution < -0.4 is 9.47 Å². The minimum absolute atomic E-state index is 0.00315. The van der Waals surface area contributed by atoms with Gasteiger partial charge in [0, 0.05) is 5.56 Å². The Morgan fingerprint density at radius 1 is 0.955 bits per heavy atom. The Kier molecular flexibility index (Phi) is 4.68. The Bertz CT molecular complexity index is 719. The third-order valence-corrected chi connectivity index (χ3v) is 3.09. The molecule has 0 unspecified atom stereocenters. The van der Waals surface area contributed by atoms with Crippen LogP contribution in [0.5, 0.6) is 23.0 Å². The number of allylic oxidation sites excluding steroid dienone is 1. The second kappa shape index (κ2) is 6.67. The molecule has 0 atom stereocenters. The second-order valence-electron chi connectivity index (χ2n) is 4.52. The predicted molar refractivity (Wildman–Crippen MR) is 82.7 cm³/mol. The number of methoxy groups -OCH3 is 2. The zero-order chi connectivity index (χ0) is 16.1. The topological polar surface area (TPSA) is 76.0 Å². The highest BCUT2D eigenvalue weighted by molar-refractivity contribution is 6.07. The van der Waals surface area contributed by atoms with Crippen molar-refractivity contribution in [1.82, 2.24) is 0 Å². The first-order valence-electron chi connectivity index (χ1n) is 6.51. The van der Waals surface area contributed by atoms with Gasteiger partial charge in [-0.05, 0) is 42.0 Å². The van der Waals surface area contributed by atoms with Gasteiger partial charge < -0.3 is 19.7 Å². The molecule has 0 aliphatic carbocycles. The summed E-state index contributed by atoms with van der Waals surface area (Å²) in [4.78, 5) is 12.1. The highest BCUT2D eigenvalue weighted by atomic mass is 16.5. The maximum absolute atomic E-state index is 12.1. The van der Waals surface area contributed by atoms with Crippen molar-refractivity contribution >= 4 is 11.9 Å². The fourth-order valence-electron chi connectivity index (χ4n) is 1.91. The number of ether oxygens (including phenoxy) is 2. The number of hydrogen-bond donors (Lipinski definition) is 2. The van der Waals surface area contributed by atoms with Crippen LogP contribution in [0.2, 0.25) is 0 Å². The SMILES string of the molecule is COc1ccc(/C=C/C(=O)c2ccc(O)c(OC)c2)cc1O. The van der Waals surface area contributed by atoms with Crippen molar-refractivity contribution in [1.29, 1.82) is 0 Å². The van der Waals surface area contributed by atoms with E-state index in [-0.39, 0.29) is 23.0 Å². The van der Waals surface area contributed by atoms with Crippen LogP contribution in [-0.4, -0.2) is 30.2 Å². The van der Waals surface area contributed by atoms with Crippen molar-refractivity contribution in [2.75, 3.05) is 14.2 Å². The monoisotopic (exact) mass is 300 g/mol. The lowest BCUT2D eigenvalue weighted by molar-refractivity contribution is 0.104. The molecule has 2 aromatic rings. The molecule has 0 amide bonds. The van der Waals surface area contributed by atoms with Gasteiger partial charge in [-0.1, -0.05) is 12.1 Å². The second-order valence-corrected chi connectivity index (χ2v) is 4.52. The summed E-state index contributed by atoms with van der Waals surface area (Å²) in [6.07, 6.45) is 2.97. The molecule has 2 aromatic carbocycles. The molecular weight excluding hydrogens is 284 g/mol. The summed E-state index contributed by atoms with van der Waals surface area (Å²) in [7, 11) is 2.88. The number of rotatable bonds is 5. The molecule has 5 heteroatoms. The lowest BCUT2D eigenvalue weighted by Crippen LogP contribution is -1.95. The first-order valence-corrected chi connectivity index (χ1v) is 6.51. The number of hydrogen-bond acceptors (Lipinski definition) is 5. The van der Waals surface area contributed by atoms with E-state index in [9.17, 15) is 15.0 Å². The quantitative estimate of drug-likeness (QED) is 0.655. The molecular formula is C17H16O5. The molecule has 0 heterocycles. The summed E-state index contributed by atoms with van der Waals surface area (Å²) in [5.41, 5.74) is 1.06. The lowest BCUT2D eigenvalue weighted by atomic mass is 10.1. The number of phenolic OH excluding ortho intramolecular Hbond substituents is 2. The zero-order valence-electron chi connectivity index (χ0n) is 12.2. The fraction of sp³-hybridized carbons (Fsp3) is 0.118. The molecule has 0 radical (unpaired) electrons. The van der Waals surface area contributed by atoms with Crippen LogP contribution in [0.1, 0.15) is 15.9 Å². The highest BCUT2D eigenvalue weighted by Gasteiger charge is 2.07. The summed E-state index contributed by atoms with van der Waals surface area (Å²) >= 11 is 0. The molecule has 0 fully saturated rings. The van der Waals surface area contributed by atoms with Crippen LogP contribution >= 0.6 is 0 Å². The van der Waals surface area contributed by atoms with Crippen molar-refractivity contribution in [3.63, 3.8) is 0 Å².